The van der Waals surface area contributed by atoms with Crippen molar-refractivity contribution in [1.82, 2.24) is 9.97 Å². The highest BCUT2D eigenvalue weighted by molar-refractivity contribution is 6.30. The van der Waals surface area contributed by atoms with E-state index in [9.17, 15) is 0 Å². The Hall–Kier alpha value is -0.830. The van der Waals surface area contributed by atoms with E-state index in [1.807, 2.05) is 6.92 Å². The van der Waals surface area contributed by atoms with Crippen molar-refractivity contribution >= 4 is 17.4 Å². The Labute approximate surface area is 77.0 Å². The van der Waals surface area contributed by atoms with Crippen molar-refractivity contribution in [1.29, 1.82) is 0 Å². The monoisotopic (exact) mass is 185 g/mol. The molecule has 0 atom stereocenters. The minimum absolute atomic E-state index is 0.464. The van der Waals surface area contributed by atoms with Gasteiger partial charge in [-0.15, -0.1) is 0 Å². The minimum Gasteiger partial charge on any atom is -0.383 e. The van der Waals surface area contributed by atoms with Gasteiger partial charge in [0.1, 0.15) is 16.8 Å². The fraction of sp³-hybridized carbons (Fsp3) is 0.500. The van der Waals surface area contributed by atoms with E-state index in [2.05, 4.69) is 16.9 Å². The van der Waals surface area contributed by atoms with Crippen molar-refractivity contribution in [2.75, 3.05) is 5.73 Å². The fourth-order valence-corrected chi connectivity index (χ4v) is 1.08. The second-order valence-corrected chi connectivity index (χ2v) is 3.05. The van der Waals surface area contributed by atoms with Gasteiger partial charge in [-0.05, 0) is 13.3 Å². The summed E-state index contributed by atoms with van der Waals surface area (Å²) in [5.41, 5.74) is 6.38. The van der Waals surface area contributed by atoms with Crippen LogP contribution in [0, 0.1) is 6.92 Å². The van der Waals surface area contributed by atoms with E-state index >= 15 is 0 Å². The van der Waals surface area contributed by atoms with E-state index in [0.29, 0.717) is 11.0 Å². The van der Waals surface area contributed by atoms with Crippen LogP contribution in [0.15, 0.2) is 0 Å². The summed E-state index contributed by atoms with van der Waals surface area (Å²) >= 11 is 5.82. The number of nitrogens with two attached hydrogens (primary N) is 1. The number of nitrogen functional groups attached to an aromatic ring is 1. The predicted octanol–water partition coefficient (Wildman–Crippen LogP) is 1.97. The first-order valence-corrected chi connectivity index (χ1v) is 4.31. The second-order valence-electron chi connectivity index (χ2n) is 2.69. The summed E-state index contributed by atoms with van der Waals surface area (Å²) in [5.74, 6) is 1.21. The molecule has 1 aromatic heterocycles. The van der Waals surface area contributed by atoms with Crippen molar-refractivity contribution < 1.29 is 0 Å². The third kappa shape index (κ3) is 1.85. The molecule has 0 saturated heterocycles. The number of anilines is 1. The molecule has 0 aliphatic rings. The molecule has 4 heteroatoms. The number of rotatable bonds is 2. The Bertz CT molecular complexity index is 263. The topological polar surface area (TPSA) is 51.8 Å². The molecule has 1 aromatic rings. The summed E-state index contributed by atoms with van der Waals surface area (Å²) < 4.78 is 0. The lowest BCUT2D eigenvalue weighted by molar-refractivity contribution is 0.834. The summed E-state index contributed by atoms with van der Waals surface area (Å²) in [6, 6.07) is 0. The van der Waals surface area contributed by atoms with Gasteiger partial charge < -0.3 is 5.73 Å². The highest BCUT2D eigenvalue weighted by Crippen LogP contribution is 2.17. The number of hydrogen-bond donors (Lipinski definition) is 1. The quantitative estimate of drug-likeness (QED) is 0.717. The summed E-state index contributed by atoms with van der Waals surface area (Å²) in [6.07, 6.45) is 1.82. The van der Waals surface area contributed by atoms with Gasteiger partial charge in [0.25, 0.3) is 0 Å². The SMILES string of the molecule is CCCc1nc(N)c(C)c(Cl)n1. The van der Waals surface area contributed by atoms with Crippen molar-refractivity contribution in [2.45, 2.75) is 26.7 Å². The van der Waals surface area contributed by atoms with Gasteiger partial charge in [-0.3, -0.25) is 0 Å². The van der Waals surface area contributed by atoms with Crippen molar-refractivity contribution in [3.8, 4) is 0 Å². The Kier molecular flexibility index (Phi) is 2.87. The first-order valence-electron chi connectivity index (χ1n) is 3.93. The van der Waals surface area contributed by atoms with Crippen LogP contribution < -0.4 is 5.73 Å². The lowest BCUT2D eigenvalue weighted by Crippen LogP contribution is -2.02. The lowest BCUT2D eigenvalue weighted by atomic mass is 10.3. The molecule has 0 aliphatic heterocycles. The van der Waals surface area contributed by atoms with Gasteiger partial charge in [0.05, 0.1) is 0 Å². The van der Waals surface area contributed by atoms with Crippen LogP contribution in [0.25, 0.3) is 0 Å². The molecule has 3 nitrogen and oxygen atoms in total. The maximum absolute atomic E-state index is 5.82. The van der Waals surface area contributed by atoms with Crippen LogP contribution in [0.1, 0.15) is 24.7 Å². The van der Waals surface area contributed by atoms with E-state index in [4.69, 9.17) is 17.3 Å². The Balaban J connectivity index is 3.04. The average Bonchev–Trinajstić information content (AvgIpc) is 2.01. The maximum Gasteiger partial charge on any atom is 0.137 e. The van der Waals surface area contributed by atoms with Crippen LogP contribution in [0.5, 0.6) is 0 Å². The summed E-state index contributed by atoms with van der Waals surface area (Å²) in [5, 5.41) is 0.464. The summed E-state index contributed by atoms with van der Waals surface area (Å²) in [4.78, 5) is 8.20. The van der Waals surface area contributed by atoms with E-state index in [1.54, 1.807) is 0 Å². The van der Waals surface area contributed by atoms with E-state index in [-0.39, 0.29) is 0 Å². The van der Waals surface area contributed by atoms with E-state index < -0.39 is 0 Å². The van der Waals surface area contributed by atoms with Gasteiger partial charge >= 0.3 is 0 Å². The Morgan fingerprint density at radius 1 is 1.42 bits per heavy atom. The molecule has 0 amide bonds. The van der Waals surface area contributed by atoms with Gasteiger partial charge in [0.15, 0.2) is 0 Å². The van der Waals surface area contributed by atoms with Crippen molar-refractivity contribution in [3.05, 3.63) is 16.5 Å². The molecule has 0 spiro atoms. The molecule has 1 rings (SSSR count). The standard InChI is InChI=1S/C8H12ClN3/c1-3-4-6-11-7(9)5(2)8(10)12-6/h3-4H2,1-2H3,(H2,10,11,12). The van der Waals surface area contributed by atoms with Gasteiger partial charge in [-0.2, -0.15) is 0 Å². The molecule has 0 bridgehead atoms. The van der Waals surface area contributed by atoms with E-state index in [0.717, 1.165) is 24.2 Å². The van der Waals surface area contributed by atoms with Gasteiger partial charge in [-0.25, -0.2) is 9.97 Å². The molecule has 12 heavy (non-hydrogen) atoms. The van der Waals surface area contributed by atoms with Crippen LogP contribution in [0.4, 0.5) is 5.82 Å². The molecule has 1 heterocycles. The molecule has 0 saturated carbocycles. The van der Waals surface area contributed by atoms with Gasteiger partial charge in [-0.1, -0.05) is 18.5 Å². The number of aromatic nitrogens is 2. The minimum atomic E-state index is 0.464. The molecular weight excluding hydrogens is 174 g/mol. The van der Waals surface area contributed by atoms with Crippen molar-refractivity contribution in [3.63, 3.8) is 0 Å². The third-order valence-corrected chi connectivity index (χ3v) is 2.01. The molecule has 66 valence electrons. The molecule has 0 fully saturated rings. The normalized spacial score (nSPS) is 10.2. The summed E-state index contributed by atoms with van der Waals surface area (Å²) in [7, 11) is 0. The molecule has 0 radical (unpaired) electrons. The second kappa shape index (κ2) is 3.72. The van der Waals surface area contributed by atoms with Crippen LogP contribution in [0.2, 0.25) is 5.15 Å². The van der Waals surface area contributed by atoms with Crippen LogP contribution in [-0.4, -0.2) is 9.97 Å². The largest absolute Gasteiger partial charge is 0.383 e. The lowest BCUT2D eigenvalue weighted by Gasteiger charge is -2.03. The zero-order valence-electron chi connectivity index (χ0n) is 7.26. The average molecular weight is 186 g/mol. The van der Waals surface area contributed by atoms with Crippen LogP contribution in [-0.2, 0) is 6.42 Å². The molecule has 0 unspecified atom stereocenters. The molecule has 0 aliphatic carbocycles. The number of nitrogens with zero attached hydrogens (tertiary/aromatic N) is 2. The van der Waals surface area contributed by atoms with Crippen LogP contribution in [0.3, 0.4) is 0 Å². The van der Waals surface area contributed by atoms with Gasteiger partial charge in [0.2, 0.25) is 0 Å². The number of aryl methyl sites for hydroxylation is 1. The fourth-order valence-electron chi connectivity index (χ4n) is 0.886. The Morgan fingerprint density at radius 2 is 2.08 bits per heavy atom. The predicted molar refractivity (Wildman–Crippen MR) is 50.2 cm³/mol. The smallest absolute Gasteiger partial charge is 0.137 e. The van der Waals surface area contributed by atoms with Gasteiger partial charge in [0, 0.05) is 12.0 Å². The van der Waals surface area contributed by atoms with E-state index in [1.165, 1.54) is 0 Å². The first-order chi connectivity index (χ1) is 5.65. The highest BCUT2D eigenvalue weighted by Gasteiger charge is 2.04. The zero-order chi connectivity index (χ0) is 9.14. The summed E-state index contributed by atoms with van der Waals surface area (Å²) in [6.45, 7) is 3.88. The Morgan fingerprint density at radius 3 is 2.58 bits per heavy atom. The molecule has 0 aromatic carbocycles. The number of halogens is 1. The number of hydrogen-bond acceptors (Lipinski definition) is 3. The molecular formula is C8H12ClN3. The zero-order valence-corrected chi connectivity index (χ0v) is 8.02. The van der Waals surface area contributed by atoms with Crippen molar-refractivity contribution in [2.24, 2.45) is 0 Å². The van der Waals surface area contributed by atoms with Crippen LogP contribution >= 0.6 is 11.6 Å². The maximum atomic E-state index is 5.82. The first kappa shape index (κ1) is 9.26. The highest BCUT2D eigenvalue weighted by atomic mass is 35.5. The molecule has 2 N–H and O–H groups in total. The third-order valence-electron chi connectivity index (χ3n) is 1.64.